The third kappa shape index (κ3) is 7.93. The number of amides is 2. The molecule has 3 rings (SSSR count). The number of aromatic nitrogens is 2. The molecule has 198 valence electrons. The van der Waals surface area contributed by atoms with Gasteiger partial charge in [-0.05, 0) is 36.4 Å². The van der Waals surface area contributed by atoms with Gasteiger partial charge in [0.2, 0.25) is 17.5 Å². The standard InChI is InChI=1S/C22H21F3N4O7S/c1-32-15-8-12(9-16(33-2)19(15)34-3)20(31)26-10-18-28-29-21(35-18)37-11-17(30)27-13-4-6-14(7-5-13)36-22(23,24)25/h4-9H,10-11H2,1-3H3,(H,26,31)(H,27,30). The molecule has 0 aliphatic carbocycles. The minimum atomic E-state index is -4.80. The zero-order chi connectivity index (χ0) is 27.0. The number of carbonyl (C=O) groups excluding carboxylic acids is 2. The summed E-state index contributed by atoms with van der Waals surface area (Å²) in [6, 6.07) is 7.67. The van der Waals surface area contributed by atoms with Crippen molar-refractivity contribution in [2.24, 2.45) is 0 Å². The van der Waals surface area contributed by atoms with E-state index in [2.05, 4.69) is 25.6 Å². The van der Waals surface area contributed by atoms with E-state index in [9.17, 15) is 22.8 Å². The van der Waals surface area contributed by atoms with Crippen LogP contribution in [0, 0.1) is 0 Å². The van der Waals surface area contributed by atoms with Gasteiger partial charge in [-0.3, -0.25) is 9.59 Å². The molecular weight excluding hydrogens is 521 g/mol. The second-order valence-electron chi connectivity index (χ2n) is 6.97. The van der Waals surface area contributed by atoms with Crippen molar-refractivity contribution in [3.63, 3.8) is 0 Å². The summed E-state index contributed by atoms with van der Waals surface area (Å²) >= 11 is 0.939. The maximum atomic E-state index is 12.6. The molecule has 0 fully saturated rings. The average Bonchev–Trinajstić information content (AvgIpc) is 3.33. The van der Waals surface area contributed by atoms with E-state index < -0.39 is 23.9 Å². The fourth-order valence-electron chi connectivity index (χ4n) is 2.90. The molecule has 3 aromatic rings. The molecule has 2 amide bonds. The third-order valence-corrected chi connectivity index (χ3v) is 5.29. The van der Waals surface area contributed by atoms with Crippen LogP contribution in [0.2, 0.25) is 0 Å². The lowest BCUT2D eigenvalue weighted by molar-refractivity contribution is -0.274. The van der Waals surface area contributed by atoms with E-state index in [1.807, 2.05) is 0 Å². The SMILES string of the molecule is COc1cc(C(=O)NCc2nnc(SCC(=O)Nc3ccc(OC(F)(F)F)cc3)o2)cc(OC)c1OC. The van der Waals surface area contributed by atoms with Gasteiger partial charge in [-0.1, -0.05) is 11.8 Å². The third-order valence-electron chi connectivity index (χ3n) is 4.47. The topological polar surface area (TPSA) is 134 Å². The summed E-state index contributed by atoms with van der Waals surface area (Å²) in [5, 5.41) is 12.9. The molecule has 0 radical (unpaired) electrons. The lowest BCUT2D eigenvalue weighted by atomic mass is 10.1. The molecule has 37 heavy (non-hydrogen) atoms. The van der Waals surface area contributed by atoms with E-state index in [-0.39, 0.29) is 34.7 Å². The molecule has 1 heterocycles. The van der Waals surface area contributed by atoms with E-state index in [1.54, 1.807) is 0 Å². The predicted molar refractivity (Wildman–Crippen MR) is 124 cm³/mol. The van der Waals surface area contributed by atoms with Crippen LogP contribution in [0.3, 0.4) is 0 Å². The van der Waals surface area contributed by atoms with Gasteiger partial charge in [-0.15, -0.1) is 23.4 Å². The molecule has 11 nitrogen and oxygen atoms in total. The Morgan fingerprint density at radius 3 is 2.22 bits per heavy atom. The Morgan fingerprint density at radius 2 is 1.65 bits per heavy atom. The Morgan fingerprint density at radius 1 is 1.00 bits per heavy atom. The first-order chi connectivity index (χ1) is 17.6. The summed E-state index contributed by atoms with van der Waals surface area (Å²) in [6.07, 6.45) is -4.80. The number of rotatable bonds is 11. The van der Waals surface area contributed by atoms with Crippen molar-refractivity contribution in [2.75, 3.05) is 32.4 Å². The number of nitrogens with one attached hydrogen (secondary N) is 2. The van der Waals surface area contributed by atoms with Gasteiger partial charge in [0, 0.05) is 11.3 Å². The zero-order valence-corrected chi connectivity index (χ0v) is 20.5. The molecule has 0 aliphatic heterocycles. The molecule has 0 atom stereocenters. The minimum Gasteiger partial charge on any atom is -0.493 e. The molecule has 0 saturated carbocycles. The number of anilines is 1. The summed E-state index contributed by atoms with van der Waals surface area (Å²) in [5.74, 6) is -0.362. The van der Waals surface area contributed by atoms with Gasteiger partial charge < -0.3 is 34.0 Å². The summed E-state index contributed by atoms with van der Waals surface area (Å²) in [6.45, 7) is -0.0818. The maximum Gasteiger partial charge on any atom is 0.573 e. The van der Waals surface area contributed by atoms with Crippen LogP contribution in [0.5, 0.6) is 23.0 Å². The van der Waals surface area contributed by atoms with Crippen LogP contribution in [-0.4, -0.2) is 55.5 Å². The molecule has 0 spiro atoms. The van der Waals surface area contributed by atoms with Gasteiger partial charge >= 0.3 is 6.36 Å². The van der Waals surface area contributed by atoms with Crippen LogP contribution in [0.25, 0.3) is 0 Å². The van der Waals surface area contributed by atoms with Gasteiger partial charge in [-0.25, -0.2) is 0 Å². The van der Waals surface area contributed by atoms with Crippen LogP contribution >= 0.6 is 11.8 Å². The molecule has 2 N–H and O–H groups in total. The lowest BCUT2D eigenvalue weighted by Gasteiger charge is -2.13. The number of ether oxygens (including phenoxy) is 4. The summed E-state index contributed by atoms with van der Waals surface area (Å²) in [5.41, 5.74) is 0.527. The first-order valence-corrected chi connectivity index (χ1v) is 11.3. The van der Waals surface area contributed by atoms with E-state index in [4.69, 9.17) is 18.6 Å². The van der Waals surface area contributed by atoms with Crippen molar-refractivity contribution >= 4 is 29.3 Å². The van der Waals surface area contributed by atoms with Crippen molar-refractivity contribution in [1.82, 2.24) is 15.5 Å². The quantitative estimate of drug-likeness (QED) is 0.346. The monoisotopic (exact) mass is 542 g/mol. The first kappa shape index (κ1) is 27.4. The Labute approximate surface area is 212 Å². The van der Waals surface area contributed by atoms with Crippen molar-refractivity contribution in [2.45, 2.75) is 18.1 Å². The summed E-state index contributed by atoms with van der Waals surface area (Å²) in [4.78, 5) is 24.7. The fourth-order valence-corrected chi connectivity index (χ4v) is 3.48. The zero-order valence-electron chi connectivity index (χ0n) is 19.7. The van der Waals surface area contributed by atoms with Gasteiger partial charge in [0.15, 0.2) is 11.5 Å². The highest BCUT2D eigenvalue weighted by Crippen LogP contribution is 2.38. The molecular formula is C22H21F3N4O7S. The number of methoxy groups -OCH3 is 3. The van der Waals surface area contributed by atoms with Gasteiger partial charge in [-0.2, -0.15) is 0 Å². The molecule has 0 aliphatic rings. The summed E-state index contributed by atoms with van der Waals surface area (Å²) < 4.78 is 61.5. The highest BCUT2D eigenvalue weighted by atomic mass is 32.2. The average molecular weight is 542 g/mol. The number of carbonyl (C=O) groups is 2. The number of nitrogens with zero attached hydrogens (tertiary/aromatic N) is 2. The van der Waals surface area contributed by atoms with Crippen molar-refractivity contribution in [1.29, 1.82) is 0 Å². The predicted octanol–water partition coefficient (Wildman–Crippen LogP) is 3.65. The highest BCUT2D eigenvalue weighted by Gasteiger charge is 2.31. The van der Waals surface area contributed by atoms with Gasteiger partial charge in [0.1, 0.15) is 5.75 Å². The van der Waals surface area contributed by atoms with E-state index in [0.29, 0.717) is 17.2 Å². The lowest BCUT2D eigenvalue weighted by Crippen LogP contribution is -2.23. The smallest absolute Gasteiger partial charge is 0.493 e. The number of benzene rings is 2. The second-order valence-corrected chi connectivity index (χ2v) is 7.89. The minimum absolute atomic E-state index is 0.0818. The first-order valence-electron chi connectivity index (χ1n) is 10.3. The Bertz CT molecular complexity index is 1210. The largest absolute Gasteiger partial charge is 0.573 e. The molecule has 0 bridgehead atoms. The van der Waals surface area contributed by atoms with Crippen LogP contribution in [0.4, 0.5) is 18.9 Å². The number of halogens is 3. The molecule has 0 saturated heterocycles. The molecule has 1 aromatic heterocycles. The van der Waals surface area contributed by atoms with Crippen LogP contribution in [-0.2, 0) is 11.3 Å². The normalized spacial score (nSPS) is 11.0. The Kier molecular flexibility index (Phi) is 9.05. The highest BCUT2D eigenvalue weighted by molar-refractivity contribution is 7.99. The number of alkyl halides is 3. The van der Waals surface area contributed by atoms with Gasteiger partial charge in [0.25, 0.3) is 11.1 Å². The van der Waals surface area contributed by atoms with Crippen molar-refractivity contribution < 1.29 is 46.1 Å². The number of hydrogen-bond acceptors (Lipinski definition) is 10. The van der Waals surface area contributed by atoms with Crippen molar-refractivity contribution in [3.8, 4) is 23.0 Å². The Balaban J connectivity index is 1.49. The van der Waals surface area contributed by atoms with E-state index >= 15 is 0 Å². The van der Waals surface area contributed by atoms with Crippen molar-refractivity contribution in [3.05, 3.63) is 47.9 Å². The fraction of sp³-hybridized carbons (Fsp3) is 0.273. The van der Waals surface area contributed by atoms with Crippen LogP contribution < -0.4 is 29.6 Å². The number of thioether (sulfide) groups is 1. The molecule has 15 heteroatoms. The van der Waals surface area contributed by atoms with Gasteiger partial charge in [0.05, 0.1) is 33.6 Å². The van der Waals surface area contributed by atoms with Crippen LogP contribution in [0.1, 0.15) is 16.2 Å². The molecule has 0 unspecified atom stereocenters. The second kappa shape index (κ2) is 12.2. The Hall–Kier alpha value is -4.14. The molecule has 2 aromatic carbocycles. The summed E-state index contributed by atoms with van der Waals surface area (Å²) in [7, 11) is 4.31. The maximum absolute atomic E-state index is 12.6. The van der Waals surface area contributed by atoms with E-state index in [1.165, 1.54) is 45.6 Å². The number of hydrogen-bond donors (Lipinski definition) is 2. The van der Waals surface area contributed by atoms with E-state index in [0.717, 1.165) is 23.9 Å². The van der Waals surface area contributed by atoms with Crippen LogP contribution in [0.15, 0.2) is 46.0 Å².